The summed E-state index contributed by atoms with van der Waals surface area (Å²) in [6.45, 7) is 0. The molecule has 0 aliphatic heterocycles. The Bertz CT molecular complexity index is 3550. The molecule has 0 bridgehead atoms. The summed E-state index contributed by atoms with van der Waals surface area (Å²) in [5.41, 5.74) is 12.2. The predicted octanol–water partition coefficient (Wildman–Crippen LogP) is 16.7. The molecule has 3 heteroatoms. The number of furan rings is 1. The van der Waals surface area contributed by atoms with Gasteiger partial charge in [0.25, 0.3) is 0 Å². The Morgan fingerprint density at radius 2 is 0.983 bits per heavy atom. The van der Waals surface area contributed by atoms with Crippen molar-refractivity contribution in [3.8, 4) is 33.4 Å². The molecule has 10 aromatic carbocycles. The second kappa shape index (κ2) is 13.6. The molecule has 12 aromatic rings. The first-order valence-corrected chi connectivity index (χ1v) is 20.9. The van der Waals surface area contributed by atoms with Gasteiger partial charge in [0.2, 0.25) is 0 Å². The number of fused-ring (bicyclic) bond motifs is 9. The molecule has 0 saturated heterocycles. The Morgan fingerprint density at radius 3 is 1.81 bits per heavy atom. The lowest BCUT2D eigenvalue weighted by atomic mass is 9.97. The van der Waals surface area contributed by atoms with Crippen molar-refractivity contribution in [2.75, 3.05) is 4.90 Å². The summed E-state index contributed by atoms with van der Waals surface area (Å²) < 4.78 is 9.10. The van der Waals surface area contributed by atoms with Gasteiger partial charge in [-0.2, -0.15) is 0 Å². The van der Waals surface area contributed by atoms with Gasteiger partial charge in [-0.15, -0.1) is 11.3 Å². The fraction of sp³-hybridized carbons (Fsp3) is 0. The minimum atomic E-state index is 0.874. The number of benzene rings is 10. The van der Waals surface area contributed by atoms with E-state index in [1.165, 1.54) is 69.5 Å². The molecule has 2 heterocycles. The van der Waals surface area contributed by atoms with Crippen LogP contribution in [0.5, 0.6) is 0 Å². The van der Waals surface area contributed by atoms with Crippen LogP contribution in [0.1, 0.15) is 0 Å². The molecule has 2 nitrogen and oxygen atoms in total. The first kappa shape index (κ1) is 33.7. The minimum absolute atomic E-state index is 0.874. The molecule has 2 aromatic heterocycles. The third-order valence-corrected chi connectivity index (χ3v) is 13.1. The number of hydrogen-bond donors (Lipinski definition) is 0. The Kier molecular flexibility index (Phi) is 7.75. The van der Waals surface area contributed by atoms with E-state index in [0.29, 0.717) is 0 Å². The molecule has 0 spiro atoms. The fourth-order valence-corrected chi connectivity index (χ4v) is 10.2. The second-order valence-corrected chi connectivity index (χ2v) is 16.3. The lowest BCUT2D eigenvalue weighted by molar-refractivity contribution is 0.669. The number of rotatable bonds is 6. The van der Waals surface area contributed by atoms with Crippen LogP contribution in [0.3, 0.4) is 0 Å². The molecule has 0 aliphatic rings. The highest BCUT2D eigenvalue weighted by molar-refractivity contribution is 7.26. The van der Waals surface area contributed by atoms with Crippen molar-refractivity contribution in [2.24, 2.45) is 0 Å². The van der Waals surface area contributed by atoms with Crippen LogP contribution < -0.4 is 4.90 Å². The zero-order valence-corrected chi connectivity index (χ0v) is 32.8. The van der Waals surface area contributed by atoms with Crippen molar-refractivity contribution in [1.29, 1.82) is 0 Å². The summed E-state index contributed by atoms with van der Waals surface area (Å²) in [7, 11) is 0. The molecule has 0 atom stereocenters. The summed E-state index contributed by atoms with van der Waals surface area (Å²) >= 11 is 1.87. The Labute approximate surface area is 345 Å². The van der Waals surface area contributed by atoms with Crippen molar-refractivity contribution in [2.45, 2.75) is 0 Å². The van der Waals surface area contributed by atoms with Gasteiger partial charge in [0.1, 0.15) is 11.2 Å². The van der Waals surface area contributed by atoms with E-state index in [4.69, 9.17) is 4.42 Å². The zero-order valence-electron chi connectivity index (χ0n) is 32.0. The SMILES string of the molecule is c1ccc(-c2ccc3c(c2)oc2ccc(N(c4ccc(-c5ccc6ccc7ccccc7c6c5)cc4)c4ccc(-c5ccccc5)c5sc6ccccc6c45)cc23)cc1. The summed E-state index contributed by atoms with van der Waals surface area (Å²) in [5.74, 6) is 0. The predicted molar refractivity (Wildman–Crippen MR) is 253 cm³/mol. The van der Waals surface area contributed by atoms with E-state index in [-0.39, 0.29) is 0 Å². The Hall–Kier alpha value is -7.46. The molecule has 0 radical (unpaired) electrons. The smallest absolute Gasteiger partial charge is 0.136 e. The summed E-state index contributed by atoms with van der Waals surface area (Å²) in [4.78, 5) is 2.44. The van der Waals surface area contributed by atoms with Gasteiger partial charge < -0.3 is 9.32 Å². The molecule has 59 heavy (non-hydrogen) atoms. The normalized spacial score (nSPS) is 11.7. The summed E-state index contributed by atoms with van der Waals surface area (Å²) in [6, 6.07) is 77.0. The van der Waals surface area contributed by atoms with E-state index < -0.39 is 0 Å². The Balaban J connectivity index is 1.05. The maximum atomic E-state index is 6.55. The maximum absolute atomic E-state index is 6.55. The lowest BCUT2D eigenvalue weighted by Gasteiger charge is -2.27. The largest absolute Gasteiger partial charge is 0.456 e. The van der Waals surface area contributed by atoms with E-state index in [0.717, 1.165) is 44.6 Å². The van der Waals surface area contributed by atoms with E-state index >= 15 is 0 Å². The topological polar surface area (TPSA) is 16.4 Å². The van der Waals surface area contributed by atoms with Crippen LogP contribution in [0.2, 0.25) is 0 Å². The quantitative estimate of drug-likeness (QED) is 0.157. The van der Waals surface area contributed by atoms with Crippen molar-refractivity contribution >= 4 is 92.1 Å². The molecule has 0 N–H and O–H groups in total. The number of thiophene rings is 1. The van der Waals surface area contributed by atoms with E-state index in [1.54, 1.807) is 0 Å². The molecule has 0 amide bonds. The average Bonchev–Trinajstić information content (AvgIpc) is 3.88. The van der Waals surface area contributed by atoms with Gasteiger partial charge in [0.15, 0.2) is 0 Å². The third kappa shape index (κ3) is 5.62. The van der Waals surface area contributed by atoms with Gasteiger partial charge in [0.05, 0.1) is 5.69 Å². The number of nitrogens with zero attached hydrogens (tertiary/aromatic N) is 1. The van der Waals surface area contributed by atoms with Crippen LogP contribution in [0.25, 0.3) is 97.0 Å². The Morgan fingerprint density at radius 1 is 0.356 bits per heavy atom. The summed E-state index contributed by atoms with van der Waals surface area (Å²) in [6.07, 6.45) is 0. The highest BCUT2D eigenvalue weighted by atomic mass is 32.1. The van der Waals surface area contributed by atoms with E-state index in [1.807, 2.05) is 11.3 Å². The molecule has 0 unspecified atom stereocenters. The van der Waals surface area contributed by atoms with Crippen molar-refractivity contribution in [1.82, 2.24) is 0 Å². The molecule has 276 valence electrons. The molecule has 0 aliphatic carbocycles. The van der Waals surface area contributed by atoms with Crippen molar-refractivity contribution in [3.63, 3.8) is 0 Å². The van der Waals surface area contributed by atoms with Gasteiger partial charge >= 0.3 is 0 Å². The van der Waals surface area contributed by atoms with Crippen molar-refractivity contribution in [3.05, 3.63) is 212 Å². The zero-order chi connectivity index (χ0) is 38.9. The van der Waals surface area contributed by atoms with Crippen LogP contribution in [0, 0.1) is 0 Å². The number of hydrogen-bond acceptors (Lipinski definition) is 3. The van der Waals surface area contributed by atoms with Gasteiger partial charge in [-0.3, -0.25) is 0 Å². The molecule has 0 fully saturated rings. The monoisotopic (exact) mass is 769 g/mol. The van der Waals surface area contributed by atoms with E-state index in [9.17, 15) is 0 Å². The fourth-order valence-electron chi connectivity index (χ4n) is 8.97. The molecule has 12 rings (SSSR count). The van der Waals surface area contributed by atoms with Crippen LogP contribution in [0.4, 0.5) is 17.1 Å². The molecular formula is C56H35NOS. The maximum Gasteiger partial charge on any atom is 0.136 e. The minimum Gasteiger partial charge on any atom is -0.456 e. The van der Waals surface area contributed by atoms with Crippen LogP contribution in [-0.2, 0) is 0 Å². The van der Waals surface area contributed by atoms with Gasteiger partial charge in [-0.1, -0.05) is 152 Å². The third-order valence-electron chi connectivity index (χ3n) is 11.9. The second-order valence-electron chi connectivity index (χ2n) is 15.3. The van der Waals surface area contributed by atoms with E-state index in [2.05, 4.69) is 217 Å². The van der Waals surface area contributed by atoms with Crippen molar-refractivity contribution < 1.29 is 4.42 Å². The first-order valence-electron chi connectivity index (χ1n) is 20.1. The molecular weight excluding hydrogens is 735 g/mol. The highest BCUT2D eigenvalue weighted by Crippen LogP contribution is 2.49. The lowest BCUT2D eigenvalue weighted by Crippen LogP contribution is -2.10. The number of anilines is 3. The first-order chi connectivity index (χ1) is 29.2. The van der Waals surface area contributed by atoms with Crippen LogP contribution >= 0.6 is 11.3 Å². The standard InChI is InChI=1S/C56H35NOS/c1-3-11-36(12-4-1)42-25-29-47-50-35-44(28-32-52(50)58-53(47)34-42)57(51-31-30-46(38-13-5-2-6-14-38)56-55(51)48-17-9-10-18-54(48)59-56)43-26-23-37(24-27-43)41-22-21-40-20-19-39-15-7-8-16-45(39)49(40)33-41/h1-35H. The van der Waals surface area contributed by atoms with Gasteiger partial charge in [-0.25, -0.2) is 0 Å². The average molecular weight is 770 g/mol. The highest BCUT2D eigenvalue weighted by Gasteiger charge is 2.22. The van der Waals surface area contributed by atoms with Crippen LogP contribution in [-0.4, -0.2) is 0 Å². The molecule has 0 saturated carbocycles. The van der Waals surface area contributed by atoms with Crippen LogP contribution in [0.15, 0.2) is 217 Å². The van der Waals surface area contributed by atoms with Gasteiger partial charge in [0, 0.05) is 42.3 Å². The van der Waals surface area contributed by atoms with Gasteiger partial charge in [-0.05, 0) is 116 Å². The summed E-state index contributed by atoms with van der Waals surface area (Å²) in [5, 5.41) is 9.76.